The molecule has 0 bridgehead atoms. The summed E-state index contributed by atoms with van der Waals surface area (Å²) in [5, 5.41) is 3.58. The molecular formula is C9H9NO2. The fourth-order valence-electron chi connectivity index (χ4n) is 0.774. The van der Waals surface area contributed by atoms with Crippen LogP contribution in [-0.4, -0.2) is 19.6 Å². The van der Waals surface area contributed by atoms with Crippen molar-refractivity contribution in [3.05, 3.63) is 35.4 Å². The molecule has 0 amide bonds. The van der Waals surface area contributed by atoms with Crippen LogP contribution in [-0.2, 0) is 4.84 Å². The predicted octanol–water partition coefficient (Wildman–Crippen LogP) is 1.48. The number of oxime groups is 1. The van der Waals surface area contributed by atoms with Crippen LogP contribution in [0.3, 0.4) is 0 Å². The Hall–Kier alpha value is -1.64. The summed E-state index contributed by atoms with van der Waals surface area (Å²) < 4.78 is 0. The molecule has 0 aromatic heterocycles. The van der Waals surface area contributed by atoms with Crippen LogP contribution < -0.4 is 0 Å². The smallest absolute Gasteiger partial charge is 0.150 e. The minimum Gasteiger partial charge on any atom is -0.399 e. The number of rotatable bonds is 3. The lowest BCUT2D eigenvalue weighted by Gasteiger charge is -1.92. The Balaban J connectivity index is 2.77. The summed E-state index contributed by atoms with van der Waals surface area (Å²) in [6.45, 7) is 0. The maximum Gasteiger partial charge on any atom is 0.150 e. The SMILES string of the molecule is CON=Cc1ccc(C=O)cc1. The highest BCUT2D eigenvalue weighted by atomic mass is 16.6. The first-order chi connectivity index (χ1) is 5.86. The molecule has 3 nitrogen and oxygen atoms in total. The van der Waals surface area contributed by atoms with Crippen LogP contribution in [0.1, 0.15) is 15.9 Å². The summed E-state index contributed by atoms with van der Waals surface area (Å²) in [6, 6.07) is 7.05. The second-order valence-corrected chi connectivity index (χ2v) is 2.20. The van der Waals surface area contributed by atoms with E-state index in [1.165, 1.54) is 7.11 Å². The van der Waals surface area contributed by atoms with E-state index in [0.29, 0.717) is 5.56 Å². The summed E-state index contributed by atoms with van der Waals surface area (Å²) >= 11 is 0. The van der Waals surface area contributed by atoms with E-state index in [2.05, 4.69) is 9.99 Å². The number of nitrogens with zero attached hydrogens (tertiary/aromatic N) is 1. The number of hydrogen-bond donors (Lipinski definition) is 0. The second kappa shape index (κ2) is 4.28. The average Bonchev–Trinajstić information content (AvgIpc) is 2.15. The van der Waals surface area contributed by atoms with Gasteiger partial charge in [-0.05, 0) is 5.56 Å². The molecule has 62 valence electrons. The van der Waals surface area contributed by atoms with E-state index >= 15 is 0 Å². The average molecular weight is 163 g/mol. The minimum absolute atomic E-state index is 0.657. The third kappa shape index (κ3) is 2.20. The van der Waals surface area contributed by atoms with E-state index in [9.17, 15) is 4.79 Å². The van der Waals surface area contributed by atoms with Crippen molar-refractivity contribution in [2.45, 2.75) is 0 Å². The molecular weight excluding hydrogens is 154 g/mol. The molecule has 0 unspecified atom stereocenters. The van der Waals surface area contributed by atoms with Gasteiger partial charge in [0.25, 0.3) is 0 Å². The number of carbonyl (C=O) groups excluding carboxylic acids is 1. The molecule has 0 heterocycles. The fraction of sp³-hybridized carbons (Fsp3) is 0.111. The van der Waals surface area contributed by atoms with Gasteiger partial charge in [0, 0.05) is 5.56 Å². The van der Waals surface area contributed by atoms with Crippen molar-refractivity contribution < 1.29 is 9.63 Å². The van der Waals surface area contributed by atoms with Gasteiger partial charge in [-0.25, -0.2) is 0 Å². The van der Waals surface area contributed by atoms with Crippen molar-refractivity contribution in [2.24, 2.45) is 5.16 Å². The van der Waals surface area contributed by atoms with E-state index in [1.807, 2.05) is 0 Å². The molecule has 12 heavy (non-hydrogen) atoms. The van der Waals surface area contributed by atoms with Gasteiger partial charge in [0.05, 0.1) is 6.21 Å². The highest BCUT2D eigenvalue weighted by Gasteiger charge is 1.89. The van der Waals surface area contributed by atoms with Gasteiger partial charge in [-0.3, -0.25) is 4.79 Å². The molecule has 1 aromatic rings. The van der Waals surface area contributed by atoms with Crippen molar-refractivity contribution in [1.29, 1.82) is 0 Å². The van der Waals surface area contributed by atoms with Gasteiger partial charge in [0.15, 0.2) is 0 Å². The first-order valence-electron chi connectivity index (χ1n) is 3.48. The van der Waals surface area contributed by atoms with Gasteiger partial charge in [-0.15, -0.1) is 0 Å². The molecule has 0 saturated heterocycles. The van der Waals surface area contributed by atoms with E-state index < -0.39 is 0 Å². The highest BCUT2D eigenvalue weighted by molar-refractivity contribution is 5.81. The largest absolute Gasteiger partial charge is 0.399 e. The Morgan fingerprint density at radius 3 is 2.33 bits per heavy atom. The molecule has 0 aliphatic heterocycles. The molecule has 0 saturated carbocycles. The van der Waals surface area contributed by atoms with Crippen molar-refractivity contribution in [2.75, 3.05) is 7.11 Å². The number of benzene rings is 1. The third-order valence-electron chi connectivity index (χ3n) is 1.38. The van der Waals surface area contributed by atoms with Crippen LogP contribution in [0, 0.1) is 0 Å². The standard InChI is InChI=1S/C9H9NO2/c1-12-10-6-8-2-4-9(7-11)5-3-8/h2-7H,1H3. The van der Waals surface area contributed by atoms with Crippen molar-refractivity contribution in [3.63, 3.8) is 0 Å². The first kappa shape index (κ1) is 8.46. The molecule has 1 rings (SSSR count). The van der Waals surface area contributed by atoms with Crippen LogP contribution in [0.4, 0.5) is 0 Å². The van der Waals surface area contributed by atoms with Crippen molar-refractivity contribution in [1.82, 2.24) is 0 Å². The Kier molecular flexibility index (Phi) is 3.02. The lowest BCUT2D eigenvalue weighted by molar-refractivity contribution is 0.112. The zero-order valence-electron chi connectivity index (χ0n) is 6.73. The van der Waals surface area contributed by atoms with E-state index in [0.717, 1.165) is 11.8 Å². The van der Waals surface area contributed by atoms with E-state index in [1.54, 1.807) is 30.5 Å². The number of hydrogen-bond acceptors (Lipinski definition) is 3. The summed E-state index contributed by atoms with van der Waals surface area (Å²) in [6.07, 6.45) is 2.38. The molecule has 0 aliphatic carbocycles. The van der Waals surface area contributed by atoms with E-state index in [-0.39, 0.29) is 0 Å². The van der Waals surface area contributed by atoms with Crippen molar-refractivity contribution >= 4 is 12.5 Å². The summed E-state index contributed by atoms with van der Waals surface area (Å²) in [4.78, 5) is 14.8. The van der Waals surface area contributed by atoms with Crippen LogP contribution in [0.5, 0.6) is 0 Å². The molecule has 0 aliphatic rings. The predicted molar refractivity (Wildman–Crippen MR) is 46.4 cm³/mol. The topological polar surface area (TPSA) is 38.7 Å². The van der Waals surface area contributed by atoms with Gasteiger partial charge in [-0.1, -0.05) is 29.4 Å². The van der Waals surface area contributed by atoms with Gasteiger partial charge in [0.2, 0.25) is 0 Å². The lowest BCUT2D eigenvalue weighted by atomic mass is 10.2. The summed E-state index contributed by atoms with van der Waals surface area (Å²) in [5.41, 5.74) is 1.56. The quantitative estimate of drug-likeness (QED) is 0.384. The Labute approximate surface area is 70.7 Å². The second-order valence-electron chi connectivity index (χ2n) is 2.20. The minimum atomic E-state index is 0.657. The number of aldehydes is 1. The Morgan fingerprint density at radius 1 is 1.25 bits per heavy atom. The van der Waals surface area contributed by atoms with Crippen LogP contribution in [0.15, 0.2) is 29.4 Å². The molecule has 3 heteroatoms. The summed E-state index contributed by atoms with van der Waals surface area (Å²) in [7, 11) is 1.48. The maximum atomic E-state index is 10.3. The number of carbonyl (C=O) groups is 1. The molecule has 0 radical (unpaired) electrons. The van der Waals surface area contributed by atoms with Crippen LogP contribution in [0.2, 0.25) is 0 Å². The third-order valence-corrected chi connectivity index (χ3v) is 1.38. The zero-order chi connectivity index (χ0) is 8.81. The lowest BCUT2D eigenvalue weighted by Crippen LogP contribution is -1.83. The van der Waals surface area contributed by atoms with Gasteiger partial charge in [0.1, 0.15) is 13.4 Å². The van der Waals surface area contributed by atoms with Crippen molar-refractivity contribution in [3.8, 4) is 0 Å². The maximum absolute atomic E-state index is 10.3. The zero-order valence-corrected chi connectivity index (χ0v) is 6.73. The molecule has 0 fully saturated rings. The van der Waals surface area contributed by atoms with Crippen LogP contribution >= 0.6 is 0 Å². The monoisotopic (exact) mass is 163 g/mol. The Bertz CT molecular complexity index is 277. The highest BCUT2D eigenvalue weighted by Crippen LogP contribution is 1.99. The normalized spacial score (nSPS) is 10.1. The fourth-order valence-corrected chi connectivity index (χ4v) is 0.774. The van der Waals surface area contributed by atoms with Gasteiger partial charge >= 0.3 is 0 Å². The molecule has 0 atom stereocenters. The van der Waals surface area contributed by atoms with Gasteiger partial charge < -0.3 is 4.84 Å². The summed E-state index contributed by atoms with van der Waals surface area (Å²) in [5.74, 6) is 0. The molecule has 0 N–H and O–H groups in total. The Morgan fingerprint density at radius 2 is 1.83 bits per heavy atom. The van der Waals surface area contributed by atoms with Gasteiger partial charge in [-0.2, -0.15) is 0 Å². The molecule has 1 aromatic carbocycles. The van der Waals surface area contributed by atoms with E-state index in [4.69, 9.17) is 0 Å². The first-order valence-corrected chi connectivity index (χ1v) is 3.48. The molecule has 0 spiro atoms. The van der Waals surface area contributed by atoms with Crippen LogP contribution in [0.25, 0.3) is 0 Å².